The number of carbonyl (C=O) groups excluding carboxylic acids is 3. The van der Waals surface area contributed by atoms with Gasteiger partial charge in [0.1, 0.15) is 12.2 Å². The van der Waals surface area contributed by atoms with Crippen molar-refractivity contribution in [1.29, 1.82) is 0 Å². The molecule has 0 spiro atoms. The molecule has 0 saturated carbocycles. The molecule has 0 saturated heterocycles. The molecule has 0 aromatic carbocycles. The fourth-order valence-electron chi connectivity index (χ4n) is 0.680. The van der Waals surface area contributed by atoms with Crippen molar-refractivity contribution in [3.8, 4) is 0 Å². The van der Waals surface area contributed by atoms with E-state index < -0.39 is 5.97 Å². The van der Waals surface area contributed by atoms with Gasteiger partial charge in [0.05, 0.1) is 0 Å². The van der Waals surface area contributed by atoms with Gasteiger partial charge in [-0.3, -0.25) is 9.59 Å². The molecule has 6 nitrogen and oxygen atoms in total. The van der Waals surface area contributed by atoms with E-state index in [1.807, 2.05) is 0 Å². The van der Waals surface area contributed by atoms with Gasteiger partial charge in [-0.2, -0.15) is 5.48 Å². The van der Waals surface area contributed by atoms with Crippen molar-refractivity contribution in [2.75, 3.05) is 13.1 Å². The number of ketones is 1. The maximum atomic E-state index is 10.8. The van der Waals surface area contributed by atoms with Gasteiger partial charge < -0.3 is 10.2 Å². The van der Waals surface area contributed by atoms with Gasteiger partial charge >= 0.3 is 5.97 Å². The highest BCUT2D eigenvalue weighted by Gasteiger charge is 2.05. The van der Waals surface area contributed by atoms with Crippen LogP contribution >= 0.6 is 0 Å². The molecule has 0 heterocycles. The van der Waals surface area contributed by atoms with Crippen LogP contribution in [0.4, 0.5) is 0 Å². The van der Waals surface area contributed by atoms with E-state index in [1.54, 1.807) is 0 Å². The molecular weight excluding hydrogens is 200 g/mol. The molecule has 84 valence electrons. The summed E-state index contributed by atoms with van der Waals surface area (Å²) in [5.41, 5.74) is 2.32. The second-order valence-corrected chi connectivity index (χ2v) is 2.74. The van der Waals surface area contributed by atoms with Gasteiger partial charge in [0.2, 0.25) is 5.91 Å². The minimum atomic E-state index is -0.641. The summed E-state index contributed by atoms with van der Waals surface area (Å²) in [6, 6.07) is 0. The number of rotatable bonds is 7. The Morgan fingerprint density at radius 1 is 1.33 bits per heavy atom. The van der Waals surface area contributed by atoms with E-state index in [4.69, 9.17) is 0 Å². The summed E-state index contributed by atoms with van der Waals surface area (Å²) >= 11 is 0. The Balaban J connectivity index is 3.38. The quantitative estimate of drug-likeness (QED) is 0.254. The topological polar surface area (TPSA) is 84.5 Å². The van der Waals surface area contributed by atoms with Crippen LogP contribution in [-0.2, 0) is 19.2 Å². The van der Waals surface area contributed by atoms with Gasteiger partial charge in [-0.05, 0) is 13.0 Å². The molecule has 0 atom stereocenters. The maximum Gasteiger partial charge on any atom is 0.332 e. The van der Waals surface area contributed by atoms with E-state index in [0.717, 1.165) is 6.08 Å². The smallest absolute Gasteiger partial charge is 0.332 e. The van der Waals surface area contributed by atoms with Gasteiger partial charge in [0.15, 0.2) is 0 Å². The van der Waals surface area contributed by atoms with Crippen LogP contribution in [0.1, 0.15) is 13.3 Å². The average Bonchev–Trinajstić information content (AvgIpc) is 2.15. The van der Waals surface area contributed by atoms with E-state index in [0.29, 0.717) is 6.54 Å². The number of hydroxylamine groups is 1. The monoisotopic (exact) mass is 214 g/mol. The van der Waals surface area contributed by atoms with Crippen molar-refractivity contribution in [2.24, 2.45) is 0 Å². The molecule has 0 aliphatic heterocycles. The SMILES string of the molecule is C=CC(=O)NCCNOC(=O)CC(C)=O. The Hall–Kier alpha value is -1.69. The van der Waals surface area contributed by atoms with Crippen LogP contribution in [0.15, 0.2) is 12.7 Å². The molecule has 0 aromatic rings. The molecule has 0 fully saturated rings. The van der Waals surface area contributed by atoms with E-state index in [9.17, 15) is 14.4 Å². The third-order valence-corrected chi connectivity index (χ3v) is 1.29. The van der Waals surface area contributed by atoms with Gasteiger partial charge in [-0.1, -0.05) is 6.58 Å². The number of carbonyl (C=O) groups is 3. The van der Waals surface area contributed by atoms with Gasteiger partial charge in [0, 0.05) is 13.1 Å². The van der Waals surface area contributed by atoms with Crippen LogP contribution in [0.2, 0.25) is 0 Å². The lowest BCUT2D eigenvalue weighted by Gasteiger charge is -2.04. The molecule has 15 heavy (non-hydrogen) atoms. The fourth-order valence-corrected chi connectivity index (χ4v) is 0.680. The lowest BCUT2D eigenvalue weighted by Crippen LogP contribution is -2.32. The van der Waals surface area contributed by atoms with Crippen LogP contribution < -0.4 is 10.8 Å². The average molecular weight is 214 g/mol. The second kappa shape index (κ2) is 7.69. The fraction of sp³-hybridized carbons (Fsp3) is 0.444. The first kappa shape index (κ1) is 13.3. The Morgan fingerprint density at radius 2 is 2.00 bits per heavy atom. The predicted octanol–water partition coefficient (Wildman–Crippen LogP) is -0.685. The van der Waals surface area contributed by atoms with Crippen LogP contribution in [0.25, 0.3) is 0 Å². The lowest BCUT2D eigenvalue weighted by atomic mass is 10.3. The second-order valence-electron chi connectivity index (χ2n) is 2.74. The molecule has 0 radical (unpaired) electrons. The van der Waals surface area contributed by atoms with E-state index in [2.05, 4.69) is 22.2 Å². The molecule has 0 rings (SSSR count). The molecule has 0 bridgehead atoms. The standard InChI is InChI=1S/C9H14N2O4/c1-3-8(13)10-4-5-11-15-9(14)6-7(2)12/h3,11H,1,4-6H2,2H3,(H,10,13). The predicted molar refractivity (Wildman–Crippen MR) is 52.6 cm³/mol. The molecule has 2 N–H and O–H groups in total. The lowest BCUT2D eigenvalue weighted by molar-refractivity contribution is -0.152. The molecule has 1 amide bonds. The highest BCUT2D eigenvalue weighted by atomic mass is 16.7. The number of hydrogen-bond donors (Lipinski definition) is 2. The molecule has 6 heteroatoms. The van der Waals surface area contributed by atoms with Crippen molar-refractivity contribution in [3.05, 3.63) is 12.7 Å². The van der Waals surface area contributed by atoms with Gasteiger partial charge in [-0.25, -0.2) is 4.79 Å². The number of hydrogen-bond acceptors (Lipinski definition) is 5. The number of nitrogens with one attached hydrogen (secondary N) is 2. The highest BCUT2D eigenvalue weighted by Crippen LogP contribution is 1.84. The Bertz CT molecular complexity index is 263. The van der Waals surface area contributed by atoms with Crippen molar-refractivity contribution in [1.82, 2.24) is 10.8 Å². The van der Waals surface area contributed by atoms with E-state index in [-0.39, 0.29) is 24.7 Å². The minimum absolute atomic E-state index is 0.258. The molecule has 0 aromatic heterocycles. The number of amides is 1. The minimum Gasteiger partial charge on any atom is -0.370 e. The van der Waals surface area contributed by atoms with Crippen molar-refractivity contribution >= 4 is 17.7 Å². The molecule has 0 aliphatic carbocycles. The molecule has 0 unspecified atom stereocenters. The summed E-state index contributed by atoms with van der Waals surface area (Å²) in [5.74, 6) is -1.20. The van der Waals surface area contributed by atoms with Gasteiger partial charge in [0.25, 0.3) is 0 Å². The normalized spacial score (nSPS) is 9.13. The Labute approximate surface area is 87.6 Å². The maximum absolute atomic E-state index is 10.8. The summed E-state index contributed by atoms with van der Waals surface area (Å²) in [5, 5.41) is 2.47. The van der Waals surface area contributed by atoms with Crippen LogP contribution in [0.5, 0.6) is 0 Å². The summed E-state index contributed by atoms with van der Waals surface area (Å²) in [4.78, 5) is 36.4. The van der Waals surface area contributed by atoms with Crippen LogP contribution in [0, 0.1) is 0 Å². The van der Waals surface area contributed by atoms with E-state index >= 15 is 0 Å². The zero-order chi connectivity index (χ0) is 11.7. The zero-order valence-corrected chi connectivity index (χ0v) is 8.54. The summed E-state index contributed by atoms with van der Waals surface area (Å²) in [6.07, 6.45) is 0.883. The van der Waals surface area contributed by atoms with Crippen molar-refractivity contribution < 1.29 is 19.2 Å². The molecule has 0 aliphatic rings. The Morgan fingerprint density at radius 3 is 2.53 bits per heavy atom. The third-order valence-electron chi connectivity index (χ3n) is 1.29. The first-order valence-electron chi connectivity index (χ1n) is 4.38. The first-order chi connectivity index (χ1) is 7.06. The Kier molecular flexibility index (Phi) is 6.82. The largest absolute Gasteiger partial charge is 0.370 e. The molecular formula is C9H14N2O4. The van der Waals surface area contributed by atoms with Crippen LogP contribution in [0.3, 0.4) is 0 Å². The van der Waals surface area contributed by atoms with Gasteiger partial charge in [-0.15, -0.1) is 0 Å². The third kappa shape index (κ3) is 8.63. The number of Topliss-reactive ketones (excluding diaryl/α,β-unsaturated/α-hetero) is 1. The highest BCUT2D eigenvalue weighted by molar-refractivity contribution is 5.93. The van der Waals surface area contributed by atoms with Crippen LogP contribution in [-0.4, -0.2) is 30.7 Å². The summed E-state index contributed by atoms with van der Waals surface area (Å²) in [7, 11) is 0. The zero-order valence-electron chi connectivity index (χ0n) is 8.54. The van der Waals surface area contributed by atoms with E-state index in [1.165, 1.54) is 6.92 Å². The first-order valence-corrected chi connectivity index (χ1v) is 4.38. The summed E-state index contributed by atoms with van der Waals surface area (Å²) < 4.78 is 0. The van der Waals surface area contributed by atoms with Crippen molar-refractivity contribution in [3.63, 3.8) is 0 Å². The van der Waals surface area contributed by atoms with Crippen molar-refractivity contribution in [2.45, 2.75) is 13.3 Å². The summed E-state index contributed by atoms with van der Waals surface area (Å²) in [6.45, 7) is 5.13.